The quantitative estimate of drug-likeness (QED) is 0.382. The van der Waals surface area contributed by atoms with E-state index in [2.05, 4.69) is 38.4 Å². The fraction of sp³-hybridized carbons (Fsp3) is 0.346. The summed E-state index contributed by atoms with van der Waals surface area (Å²) in [5.74, 6) is 0.123. The number of H-pyrrole nitrogens is 1. The SMILES string of the molecule is COc1cc(=O)n2c(c1C(=O)NCCCn1ccnc1)CCN(Cc1cc3ccccc3[nH]1)CC2. The van der Waals surface area contributed by atoms with Crippen LogP contribution in [0.4, 0.5) is 0 Å². The number of aryl methyl sites for hydroxylation is 1. The normalized spacial score (nSPS) is 14.0. The highest BCUT2D eigenvalue weighted by atomic mass is 16.5. The van der Waals surface area contributed by atoms with Crippen LogP contribution in [0.25, 0.3) is 10.9 Å². The second-order valence-corrected chi connectivity index (χ2v) is 8.84. The number of amides is 1. The highest BCUT2D eigenvalue weighted by molar-refractivity contribution is 5.98. The van der Waals surface area contributed by atoms with Gasteiger partial charge in [0, 0.05) is 81.1 Å². The van der Waals surface area contributed by atoms with E-state index in [1.54, 1.807) is 17.1 Å². The third kappa shape index (κ3) is 5.00. The van der Waals surface area contributed by atoms with E-state index in [0.29, 0.717) is 30.8 Å². The van der Waals surface area contributed by atoms with Gasteiger partial charge in [0.25, 0.3) is 11.5 Å². The van der Waals surface area contributed by atoms with Crippen molar-refractivity contribution >= 4 is 16.8 Å². The summed E-state index contributed by atoms with van der Waals surface area (Å²) in [4.78, 5) is 35.9. The number of aromatic nitrogens is 4. The minimum atomic E-state index is -0.208. The summed E-state index contributed by atoms with van der Waals surface area (Å²) in [5.41, 5.74) is 3.32. The van der Waals surface area contributed by atoms with Gasteiger partial charge in [0.05, 0.1) is 13.4 Å². The molecular weight excluding hydrogens is 444 g/mol. The molecule has 9 heteroatoms. The number of rotatable bonds is 8. The van der Waals surface area contributed by atoms with Crippen LogP contribution in [-0.4, -0.2) is 56.7 Å². The Morgan fingerprint density at radius 1 is 1.20 bits per heavy atom. The molecule has 0 radical (unpaired) electrons. The molecule has 4 aromatic rings. The Balaban J connectivity index is 1.30. The number of benzene rings is 1. The number of carbonyl (C=O) groups excluding carboxylic acids is 1. The Hall–Kier alpha value is -3.85. The van der Waals surface area contributed by atoms with Crippen LogP contribution in [0.15, 0.2) is 59.9 Å². The van der Waals surface area contributed by atoms with Crippen molar-refractivity contribution < 1.29 is 9.53 Å². The topological polar surface area (TPSA) is 97.2 Å². The maximum Gasteiger partial charge on any atom is 0.256 e. The maximum absolute atomic E-state index is 13.2. The number of pyridine rings is 1. The van der Waals surface area contributed by atoms with E-state index in [1.807, 2.05) is 22.9 Å². The number of fused-ring (bicyclic) bond motifs is 2. The van der Waals surface area contributed by atoms with Crippen LogP contribution in [0.2, 0.25) is 0 Å². The van der Waals surface area contributed by atoms with Crippen molar-refractivity contribution in [2.45, 2.75) is 32.5 Å². The van der Waals surface area contributed by atoms with Crippen molar-refractivity contribution in [3.63, 3.8) is 0 Å². The lowest BCUT2D eigenvalue weighted by Crippen LogP contribution is -2.32. The van der Waals surface area contributed by atoms with Gasteiger partial charge >= 0.3 is 0 Å². The van der Waals surface area contributed by atoms with E-state index in [1.165, 1.54) is 18.6 Å². The number of nitrogens with one attached hydrogen (secondary N) is 2. The van der Waals surface area contributed by atoms with Gasteiger partial charge in [0.2, 0.25) is 0 Å². The number of ether oxygens (including phenoxy) is 1. The van der Waals surface area contributed by atoms with E-state index >= 15 is 0 Å². The highest BCUT2D eigenvalue weighted by Crippen LogP contribution is 2.23. The van der Waals surface area contributed by atoms with Gasteiger partial charge in [-0.25, -0.2) is 4.98 Å². The monoisotopic (exact) mass is 474 g/mol. The fourth-order valence-corrected chi connectivity index (χ4v) is 4.79. The number of carbonyl (C=O) groups is 1. The molecule has 0 spiro atoms. The largest absolute Gasteiger partial charge is 0.496 e. The smallest absolute Gasteiger partial charge is 0.256 e. The third-order valence-corrected chi connectivity index (χ3v) is 6.55. The van der Waals surface area contributed by atoms with Gasteiger partial charge in [-0.3, -0.25) is 14.5 Å². The summed E-state index contributed by atoms with van der Waals surface area (Å²) in [5, 5.41) is 4.19. The number of imidazole rings is 1. The van der Waals surface area contributed by atoms with Crippen LogP contribution in [0.5, 0.6) is 5.75 Å². The van der Waals surface area contributed by atoms with Crippen LogP contribution >= 0.6 is 0 Å². The number of nitrogens with zero attached hydrogens (tertiary/aromatic N) is 4. The van der Waals surface area contributed by atoms with Crippen molar-refractivity contribution in [2.75, 3.05) is 26.7 Å². The Kier molecular flexibility index (Phi) is 6.67. The van der Waals surface area contributed by atoms with Crippen molar-refractivity contribution in [3.8, 4) is 5.75 Å². The lowest BCUT2D eigenvalue weighted by atomic mass is 10.1. The number of hydrogen-bond acceptors (Lipinski definition) is 5. The van der Waals surface area contributed by atoms with Crippen molar-refractivity contribution in [1.29, 1.82) is 0 Å². The molecule has 1 aromatic carbocycles. The predicted molar refractivity (Wildman–Crippen MR) is 134 cm³/mol. The zero-order valence-corrected chi connectivity index (χ0v) is 19.9. The van der Waals surface area contributed by atoms with Crippen LogP contribution in [0.1, 0.15) is 28.2 Å². The Morgan fingerprint density at radius 3 is 2.89 bits per heavy atom. The molecule has 0 bridgehead atoms. The molecule has 0 saturated heterocycles. The number of methoxy groups -OCH3 is 1. The minimum absolute atomic E-state index is 0.138. The zero-order chi connectivity index (χ0) is 24.2. The Labute approximate surface area is 203 Å². The molecule has 0 aliphatic carbocycles. The molecule has 35 heavy (non-hydrogen) atoms. The number of para-hydroxylation sites is 1. The summed E-state index contributed by atoms with van der Waals surface area (Å²) in [6.07, 6.45) is 6.76. The van der Waals surface area contributed by atoms with Crippen molar-refractivity contribution in [1.82, 2.24) is 29.3 Å². The maximum atomic E-state index is 13.2. The highest BCUT2D eigenvalue weighted by Gasteiger charge is 2.25. The molecule has 2 N–H and O–H groups in total. The van der Waals surface area contributed by atoms with Gasteiger partial charge in [-0.2, -0.15) is 0 Å². The molecule has 3 aromatic heterocycles. The average Bonchev–Trinajstić information content (AvgIpc) is 3.48. The molecule has 182 valence electrons. The molecule has 0 atom stereocenters. The molecule has 1 aliphatic rings. The lowest BCUT2D eigenvalue weighted by molar-refractivity contribution is 0.0947. The lowest BCUT2D eigenvalue weighted by Gasteiger charge is -2.18. The molecule has 1 amide bonds. The minimum Gasteiger partial charge on any atom is -0.496 e. The molecular formula is C26H30N6O3. The predicted octanol–water partition coefficient (Wildman–Crippen LogP) is 2.41. The Bertz CT molecular complexity index is 1340. The molecule has 4 heterocycles. The molecule has 0 saturated carbocycles. The summed E-state index contributed by atoms with van der Waals surface area (Å²) in [6, 6.07) is 11.8. The molecule has 0 fully saturated rings. The van der Waals surface area contributed by atoms with Gasteiger partial charge in [-0.05, 0) is 23.9 Å². The first-order valence-corrected chi connectivity index (χ1v) is 12.0. The zero-order valence-electron chi connectivity index (χ0n) is 19.9. The van der Waals surface area contributed by atoms with E-state index in [4.69, 9.17) is 4.74 Å². The molecule has 9 nitrogen and oxygen atoms in total. The molecule has 1 aliphatic heterocycles. The van der Waals surface area contributed by atoms with E-state index in [9.17, 15) is 9.59 Å². The van der Waals surface area contributed by atoms with Crippen LogP contribution < -0.4 is 15.6 Å². The second-order valence-electron chi connectivity index (χ2n) is 8.84. The van der Waals surface area contributed by atoms with Crippen LogP contribution in [-0.2, 0) is 26.1 Å². The second kappa shape index (κ2) is 10.2. The summed E-state index contributed by atoms with van der Waals surface area (Å²) in [7, 11) is 1.50. The summed E-state index contributed by atoms with van der Waals surface area (Å²) in [6.45, 7) is 4.03. The van der Waals surface area contributed by atoms with Crippen molar-refractivity contribution in [2.24, 2.45) is 0 Å². The first kappa shape index (κ1) is 22.9. The first-order valence-electron chi connectivity index (χ1n) is 12.0. The van der Waals surface area contributed by atoms with Gasteiger partial charge in [-0.1, -0.05) is 18.2 Å². The average molecular weight is 475 g/mol. The first-order chi connectivity index (χ1) is 17.1. The fourth-order valence-electron chi connectivity index (χ4n) is 4.79. The number of aromatic amines is 1. The van der Waals surface area contributed by atoms with Gasteiger partial charge in [-0.15, -0.1) is 0 Å². The van der Waals surface area contributed by atoms with Crippen molar-refractivity contribution in [3.05, 3.63) is 82.4 Å². The molecule has 5 rings (SSSR count). The standard InChI is InChI=1S/C26H30N6O3/c1-35-23-16-24(33)32-14-13-30(17-20-15-19-5-2-3-6-21(19)29-20)11-7-22(32)25(23)26(34)28-8-4-10-31-12-9-27-18-31/h2-3,5-6,9,12,15-16,18,29H,4,7-8,10-11,13-14,17H2,1H3,(H,28,34). The third-order valence-electron chi connectivity index (χ3n) is 6.55. The summed E-state index contributed by atoms with van der Waals surface area (Å²) >= 11 is 0. The van der Waals surface area contributed by atoms with E-state index in [-0.39, 0.29) is 11.5 Å². The van der Waals surface area contributed by atoms with Gasteiger partial charge in [0.15, 0.2) is 0 Å². The molecule has 0 unspecified atom stereocenters. The van der Waals surface area contributed by atoms with E-state index in [0.717, 1.165) is 49.5 Å². The van der Waals surface area contributed by atoms with Crippen LogP contribution in [0.3, 0.4) is 0 Å². The van der Waals surface area contributed by atoms with Crippen LogP contribution in [0, 0.1) is 0 Å². The Morgan fingerprint density at radius 2 is 2.09 bits per heavy atom. The van der Waals surface area contributed by atoms with E-state index < -0.39 is 0 Å². The summed E-state index contributed by atoms with van der Waals surface area (Å²) < 4.78 is 9.18. The van der Waals surface area contributed by atoms with Gasteiger partial charge in [0.1, 0.15) is 11.3 Å². The number of hydrogen-bond donors (Lipinski definition) is 2. The van der Waals surface area contributed by atoms with Gasteiger partial charge < -0.3 is 24.2 Å².